The number of aliphatic hydroxyl groups excluding tert-OH is 1. The molecule has 1 aliphatic carbocycles. The molecular formula is C13H17BrO2. The van der Waals surface area contributed by atoms with Gasteiger partial charge in [0, 0.05) is 4.47 Å². The van der Waals surface area contributed by atoms with Crippen molar-refractivity contribution in [2.24, 2.45) is 0 Å². The molecule has 0 bridgehead atoms. The molecule has 0 heterocycles. The van der Waals surface area contributed by atoms with Gasteiger partial charge < -0.3 is 9.84 Å². The van der Waals surface area contributed by atoms with Gasteiger partial charge in [0.25, 0.3) is 0 Å². The first-order valence-electron chi connectivity index (χ1n) is 5.86. The molecule has 2 rings (SSSR count). The molecule has 1 saturated carbocycles. The molecule has 0 spiro atoms. The summed E-state index contributed by atoms with van der Waals surface area (Å²) in [5, 5.41) is 9.94. The number of benzene rings is 1. The Kier molecular flexibility index (Phi) is 4.24. The summed E-state index contributed by atoms with van der Waals surface area (Å²) in [5.74, 6) is 0.834. The summed E-state index contributed by atoms with van der Waals surface area (Å²) < 4.78 is 6.86. The fourth-order valence-corrected chi connectivity index (χ4v) is 2.48. The maximum atomic E-state index is 9.94. The number of hydrogen-bond acceptors (Lipinski definition) is 2. The third-order valence-corrected chi connectivity index (χ3v) is 3.49. The molecule has 16 heavy (non-hydrogen) atoms. The van der Waals surface area contributed by atoms with Crippen LogP contribution < -0.4 is 4.74 Å². The van der Waals surface area contributed by atoms with E-state index in [1.54, 1.807) is 0 Å². The van der Waals surface area contributed by atoms with E-state index in [0.717, 1.165) is 35.9 Å². The van der Waals surface area contributed by atoms with E-state index in [9.17, 15) is 5.11 Å². The lowest BCUT2D eigenvalue weighted by Crippen LogP contribution is -2.30. The lowest BCUT2D eigenvalue weighted by Gasteiger charge is -2.22. The molecule has 1 aromatic carbocycles. The number of ether oxygens (including phenoxy) is 1. The van der Waals surface area contributed by atoms with Gasteiger partial charge in [-0.25, -0.2) is 0 Å². The van der Waals surface area contributed by atoms with E-state index in [1.165, 1.54) is 6.42 Å². The van der Waals surface area contributed by atoms with E-state index in [2.05, 4.69) is 15.9 Å². The van der Waals surface area contributed by atoms with E-state index in [-0.39, 0.29) is 12.2 Å². The predicted molar refractivity (Wildman–Crippen MR) is 67.6 cm³/mol. The van der Waals surface area contributed by atoms with Crippen molar-refractivity contribution in [1.82, 2.24) is 0 Å². The second-order valence-electron chi connectivity index (χ2n) is 4.32. The largest absolute Gasteiger partial charge is 0.488 e. The Labute approximate surface area is 105 Å². The highest BCUT2D eigenvalue weighted by Crippen LogP contribution is 2.25. The van der Waals surface area contributed by atoms with Crippen LogP contribution in [0.2, 0.25) is 0 Å². The number of aliphatic hydroxyl groups is 1. The van der Waals surface area contributed by atoms with Crippen LogP contribution in [0.3, 0.4) is 0 Å². The maximum Gasteiger partial charge on any atom is 0.124 e. The predicted octanol–water partition coefficient (Wildman–Crippen LogP) is 3.52. The topological polar surface area (TPSA) is 29.5 Å². The normalized spacial score (nSPS) is 26.1. The molecule has 2 nitrogen and oxygen atoms in total. The molecular weight excluding hydrogens is 268 g/mol. The van der Waals surface area contributed by atoms with Crippen LogP contribution in [0.25, 0.3) is 0 Å². The van der Waals surface area contributed by atoms with E-state index in [1.807, 2.05) is 24.3 Å². The van der Waals surface area contributed by atoms with Gasteiger partial charge in [-0.15, -0.1) is 0 Å². The Bertz CT molecular complexity index is 340. The summed E-state index contributed by atoms with van der Waals surface area (Å²) in [6, 6.07) is 7.79. The highest BCUT2D eigenvalue weighted by atomic mass is 79.9. The van der Waals surface area contributed by atoms with Gasteiger partial charge in [0.2, 0.25) is 0 Å². The third-order valence-electron chi connectivity index (χ3n) is 3.00. The number of rotatable bonds is 2. The van der Waals surface area contributed by atoms with Crippen LogP contribution >= 0.6 is 15.9 Å². The highest BCUT2D eigenvalue weighted by molar-refractivity contribution is 9.10. The Morgan fingerprint density at radius 2 is 2.00 bits per heavy atom. The van der Waals surface area contributed by atoms with Crippen LogP contribution in [0.1, 0.15) is 32.1 Å². The van der Waals surface area contributed by atoms with Crippen LogP contribution in [0.15, 0.2) is 28.7 Å². The number of hydrogen-bond donors (Lipinski definition) is 1. The molecule has 88 valence electrons. The Morgan fingerprint density at radius 3 is 2.81 bits per heavy atom. The van der Waals surface area contributed by atoms with Crippen LogP contribution in [-0.2, 0) is 0 Å². The van der Waals surface area contributed by atoms with Crippen molar-refractivity contribution >= 4 is 15.9 Å². The van der Waals surface area contributed by atoms with Gasteiger partial charge in [-0.3, -0.25) is 0 Å². The van der Waals surface area contributed by atoms with Gasteiger partial charge in [-0.2, -0.15) is 0 Å². The first-order chi connectivity index (χ1) is 7.75. The van der Waals surface area contributed by atoms with Gasteiger partial charge in [0.15, 0.2) is 0 Å². The zero-order valence-corrected chi connectivity index (χ0v) is 10.8. The van der Waals surface area contributed by atoms with E-state index in [4.69, 9.17) is 4.74 Å². The van der Waals surface area contributed by atoms with Gasteiger partial charge in [-0.05, 0) is 37.5 Å². The molecule has 2 unspecified atom stereocenters. The van der Waals surface area contributed by atoms with Crippen LogP contribution in [-0.4, -0.2) is 17.3 Å². The number of halogens is 1. The summed E-state index contributed by atoms with van der Waals surface area (Å²) in [6.45, 7) is 0. The van der Waals surface area contributed by atoms with E-state index < -0.39 is 0 Å². The fourth-order valence-electron chi connectivity index (χ4n) is 2.11. The van der Waals surface area contributed by atoms with Crippen LogP contribution in [0.4, 0.5) is 0 Å². The Morgan fingerprint density at radius 1 is 1.19 bits per heavy atom. The monoisotopic (exact) mass is 284 g/mol. The summed E-state index contributed by atoms with van der Waals surface area (Å²) >= 11 is 3.42. The highest BCUT2D eigenvalue weighted by Gasteiger charge is 2.23. The van der Waals surface area contributed by atoms with Crippen LogP contribution in [0.5, 0.6) is 5.75 Å². The van der Waals surface area contributed by atoms with Crippen molar-refractivity contribution in [3.05, 3.63) is 28.7 Å². The van der Waals surface area contributed by atoms with Crippen molar-refractivity contribution in [3.8, 4) is 5.75 Å². The van der Waals surface area contributed by atoms with Crippen LogP contribution in [0, 0.1) is 0 Å². The lowest BCUT2D eigenvalue weighted by atomic mass is 10.1. The molecule has 0 amide bonds. The average Bonchev–Trinajstić information content (AvgIpc) is 2.45. The minimum absolute atomic E-state index is 0.0446. The molecule has 1 fully saturated rings. The Balaban J connectivity index is 2.02. The van der Waals surface area contributed by atoms with Crippen molar-refractivity contribution in [3.63, 3.8) is 0 Å². The minimum Gasteiger partial charge on any atom is -0.488 e. The molecule has 3 heteroatoms. The quantitative estimate of drug-likeness (QED) is 0.842. The summed E-state index contributed by atoms with van der Waals surface area (Å²) in [4.78, 5) is 0. The summed E-state index contributed by atoms with van der Waals surface area (Å²) in [5.41, 5.74) is 0. The minimum atomic E-state index is -0.318. The molecule has 0 aliphatic heterocycles. The van der Waals surface area contributed by atoms with E-state index in [0.29, 0.717) is 0 Å². The second-order valence-corrected chi connectivity index (χ2v) is 5.23. The van der Waals surface area contributed by atoms with Crippen molar-refractivity contribution < 1.29 is 9.84 Å². The standard InChI is InChI=1S/C13H17BrO2/c14-10-5-4-6-11(9-10)16-13-8-3-1-2-7-12(13)15/h4-6,9,12-13,15H,1-3,7-8H2. The first-order valence-corrected chi connectivity index (χ1v) is 6.65. The van der Waals surface area contributed by atoms with Gasteiger partial charge in [0.1, 0.15) is 11.9 Å². The smallest absolute Gasteiger partial charge is 0.124 e. The summed E-state index contributed by atoms with van der Waals surface area (Å²) in [7, 11) is 0. The molecule has 0 aromatic heterocycles. The van der Waals surface area contributed by atoms with Gasteiger partial charge >= 0.3 is 0 Å². The maximum absolute atomic E-state index is 9.94. The lowest BCUT2D eigenvalue weighted by molar-refractivity contribution is 0.0319. The Hall–Kier alpha value is -0.540. The van der Waals surface area contributed by atoms with Crippen molar-refractivity contribution in [1.29, 1.82) is 0 Å². The SMILES string of the molecule is OC1CCCCCC1Oc1cccc(Br)c1. The fraction of sp³-hybridized carbons (Fsp3) is 0.538. The molecule has 2 atom stereocenters. The van der Waals surface area contributed by atoms with Crippen molar-refractivity contribution in [2.75, 3.05) is 0 Å². The third kappa shape index (κ3) is 3.22. The molecule has 0 radical (unpaired) electrons. The van der Waals surface area contributed by atoms with Crippen molar-refractivity contribution in [2.45, 2.75) is 44.3 Å². The molecule has 1 aromatic rings. The average molecular weight is 285 g/mol. The summed E-state index contributed by atoms with van der Waals surface area (Å²) in [6.07, 6.45) is 4.91. The second kappa shape index (κ2) is 5.69. The zero-order valence-electron chi connectivity index (χ0n) is 9.23. The zero-order chi connectivity index (χ0) is 11.4. The van der Waals surface area contributed by atoms with Gasteiger partial charge in [-0.1, -0.05) is 34.8 Å². The molecule has 1 aliphatic rings. The first kappa shape index (κ1) is 11.9. The molecule has 0 saturated heterocycles. The van der Waals surface area contributed by atoms with E-state index >= 15 is 0 Å². The molecule has 1 N–H and O–H groups in total. The van der Waals surface area contributed by atoms with Gasteiger partial charge in [0.05, 0.1) is 6.10 Å².